The van der Waals surface area contributed by atoms with Gasteiger partial charge in [0.15, 0.2) is 5.60 Å². The van der Waals surface area contributed by atoms with Crippen molar-refractivity contribution < 1.29 is 29.2 Å². The molecule has 1 unspecified atom stereocenters. The second-order valence-electron chi connectivity index (χ2n) is 11.7. The van der Waals surface area contributed by atoms with Crippen LogP contribution in [0.1, 0.15) is 59.2 Å². The van der Waals surface area contributed by atoms with Crippen LogP contribution < -0.4 is 27.1 Å². The zero-order chi connectivity index (χ0) is 31.2. The number of nitrogens with zero attached hydrogens (tertiary/aromatic N) is 2. The van der Waals surface area contributed by atoms with Gasteiger partial charge >= 0.3 is 5.97 Å². The number of cyclic esters (lactones) is 1. The predicted molar refractivity (Wildman–Crippen MR) is 157 cm³/mol. The Morgan fingerprint density at radius 3 is 2.64 bits per heavy atom. The maximum atomic E-state index is 15.1. The Balaban J connectivity index is 1.42. The molecule has 7 rings (SSSR count). The molecule has 4 aromatic rings. The summed E-state index contributed by atoms with van der Waals surface area (Å²) in [6.45, 7) is 2.45. The molecule has 5 N–H and O–H groups in total. The third-order valence-corrected chi connectivity index (χ3v) is 9.33. The molecule has 1 aliphatic carbocycles. The average molecular weight is 605 g/mol. The van der Waals surface area contributed by atoms with E-state index < -0.39 is 52.6 Å². The number of rotatable bonds is 7. The SMILES string of the molecule is CC[C@@]1(O)C(=O)OCc2c1cc1n(c2=O)Cc2c-1nc1cc(F)c(C)c3c1c2[C@@H](Nc1c(NCC(O)CO)c(=O)c1=O)CC3. The Morgan fingerprint density at radius 1 is 1.16 bits per heavy atom. The largest absolute Gasteiger partial charge is 0.458 e. The molecule has 0 radical (unpaired) electrons. The maximum absolute atomic E-state index is 15.1. The minimum atomic E-state index is -2.01. The van der Waals surface area contributed by atoms with Crippen LogP contribution >= 0.6 is 0 Å². The van der Waals surface area contributed by atoms with E-state index in [1.165, 1.54) is 10.6 Å². The van der Waals surface area contributed by atoms with Crippen molar-refractivity contribution in [1.29, 1.82) is 0 Å². The fourth-order valence-electron chi connectivity index (χ4n) is 6.86. The lowest BCUT2D eigenvalue weighted by Gasteiger charge is -2.31. The number of aryl methyl sites for hydroxylation is 1. The lowest BCUT2D eigenvalue weighted by Crippen LogP contribution is -2.44. The summed E-state index contributed by atoms with van der Waals surface area (Å²) in [5.74, 6) is -1.27. The standard InChI is InChI=1S/C31H29FN4O8/c1-3-31(43)17-6-21-24-15(9-36(21)29(41)16(17)11-44-30(31)42)23-19(5-4-14-12(2)18(32)7-20(35-24)22(14)23)34-26-25(27(39)28(26)40)33-8-13(38)10-37/h6-7,13,19,33-34,37-38,43H,3-5,8-11H2,1-2H3/t13?,19-,31-/m0/s1. The third kappa shape index (κ3) is 3.75. The van der Waals surface area contributed by atoms with Crippen LogP contribution in [0.15, 0.2) is 26.5 Å². The lowest BCUT2D eigenvalue weighted by molar-refractivity contribution is -0.172. The molecule has 2 aromatic carbocycles. The number of ether oxygens (including phenoxy) is 1. The number of carbonyl (C=O) groups is 1. The molecule has 0 fully saturated rings. The Kier molecular flexibility index (Phi) is 6.29. The monoisotopic (exact) mass is 604 g/mol. The zero-order valence-electron chi connectivity index (χ0n) is 23.9. The molecule has 0 saturated carbocycles. The van der Waals surface area contributed by atoms with E-state index in [0.29, 0.717) is 51.8 Å². The molecule has 3 aliphatic rings. The molecule has 3 atom stereocenters. The first-order chi connectivity index (χ1) is 21.0. The minimum Gasteiger partial charge on any atom is -0.458 e. The molecule has 228 valence electrons. The van der Waals surface area contributed by atoms with Crippen molar-refractivity contribution in [1.82, 2.24) is 9.55 Å². The molecular formula is C31H29FN4O8. The van der Waals surface area contributed by atoms with E-state index in [1.54, 1.807) is 19.9 Å². The maximum Gasteiger partial charge on any atom is 0.343 e. The van der Waals surface area contributed by atoms with Gasteiger partial charge in [0, 0.05) is 29.1 Å². The first-order valence-electron chi connectivity index (χ1n) is 14.4. The highest BCUT2D eigenvalue weighted by molar-refractivity contribution is 5.94. The van der Waals surface area contributed by atoms with Gasteiger partial charge in [0.25, 0.3) is 16.4 Å². The van der Waals surface area contributed by atoms with Crippen LogP contribution in [0.25, 0.3) is 22.3 Å². The molecule has 12 nitrogen and oxygen atoms in total. The van der Waals surface area contributed by atoms with Gasteiger partial charge in [0.2, 0.25) is 0 Å². The molecule has 0 spiro atoms. The van der Waals surface area contributed by atoms with E-state index in [9.17, 15) is 29.4 Å². The number of aromatic nitrogens is 2. The highest BCUT2D eigenvalue weighted by atomic mass is 19.1. The molecule has 0 bridgehead atoms. The Labute approximate surface area is 248 Å². The summed E-state index contributed by atoms with van der Waals surface area (Å²) >= 11 is 0. The van der Waals surface area contributed by atoms with Crippen LogP contribution in [0, 0.1) is 12.7 Å². The van der Waals surface area contributed by atoms with Gasteiger partial charge in [-0.05, 0) is 48.9 Å². The summed E-state index contributed by atoms with van der Waals surface area (Å²) < 4.78 is 21.8. The first-order valence-corrected chi connectivity index (χ1v) is 14.4. The number of hydrogen-bond acceptors (Lipinski definition) is 11. The average Bonchev–Trinajstić information content (AvgIpc) is 3.39. The van der Waals surface area contributed by atoms with Gasteiger partial charge in [0.05, 0.1) is 47.8 Å². The summed E-state index contributed by atoms with van der Waals surface area (Å²) in [7, 11) is 0. The normalized spacial score (nSPS) is 20.7. The van der Waals surface area contributed by atoms with Crippen LogP contribution in [0.3, 0.4) is 0 Å². The van der Waals surface area contributed by atoms with E-state index >= 15 is 4.39 Å². The van der Waals surface area contributed by atoms with Gasteiger partial charge in [-0.3, -0.25) is 14.4 Å². The smallest absolute Gasteiger partial charge is 0.343 e. The van der Waals surface area contributed by atoms with Gasteiger partial charge in [-0.15, -0.1) is 0 Å². The van der Waals surface area contributed by atoms with Crippen molar-refractivity contribution in [2.75, 3.05) is 23.8 Å². The first kappa shape index (κ1) is 28.3. The number of esters is 1. The summed E-state index contributed by atoms with van der Waals surface area (Å²) in [5.41, 5.74) is 0.161. The van der Waals surface area contributed by atoms with Crippen molar-refractivity contribution in [3.8, 4) is 11.4 Å². The van der Waals surface area contributed by atoms with Crippen LogP contribution in [-0.2, 0) is 34.7 Å². The molecular weight excluding hydrogens is 575 g/mol. The molecule has 2 aliphatic heterocycles. The van der Waals surface area contributed by atoms with Crippen molar-refractivity contribution in [2.45, 2.75) is 64.0 Å². The number of anilines is 2. The van der Waals surface area contributed by atoms with Gasteiger partial charge in [-0.2, -0.15) is 0 Å². The molecule has 0 amide bonds. The highest BCUT2D eigenvalue weighted by Crippen LogP contribution is 2.46. The van der Waals surface area contributed by atoms with Crippen LogP contribution in [-0.4, -0.2) is 50.1 Å². The number of aliphatic hydroxyl groups excluding tert-OH is 2. The second kappa shape index (κ2) is 9.78. The number of aliphatic hydroxyl groups is 3. The third-order valence-electron chi connectivity index (χ3n) is 9.33. The topological polar surface area (TPSA) is 180 Å². The second-order valence-corrected chi connectivity index (χ2v) is 11.7. The zero-order valence-corrected chi connectivity index (χ0v) is 23.9. The van der Waals surface area contributed by atoms with Gasteiger partial charge in [0.1, 0.15) is 23.8 Å². The van der Waals surface area contributed by atoms with Gasteiger partial charge in [-0.1, -0.05) is 6.92 Å². The number of nitrogens with one attached hydrogen (secondary N) is 2. The van der Waals surface area contributed by atoms with Crippen molar-refractivity contribution in [3.63, 3.8) is 0 Å². The van der Waals surface area contributed by atoms with Gasteiger partial charge < -0.3 is 35.3 Å². The Morgan fingerprint density at radius 2 is 1.91 bits per heavy atom. The van der Waals surface area contributed by atoms with Crippen molar-refractivity contribution in [2.24, 2.45) is 0 Å². The van der Waals surface area contributed by atoms with E-state index in [2.05, 4.69) is 10.6 Å². The number of halogens is 1. The summed E-state index contributed by atoms with van der Waals surface area (Å²) in [5, 5.41) is 36.8. The van der Waals surface area contributed by atoms with E-state index in [1.807, 2.05) is 0 Å². The summed E-state index contributed by atoms with van der Waals surface area (Å²) in [4.78, 5) is 56.2. The van der Waals surface area contributed by atoms with Crippen LogP contribution in [0.2, 0.25) is 0 Å². The fraction of sp³-hybridized carbons (Fsp3) is 0.387. The fourth-order valence-corrected chi connectivity index (χ4v) is 6.86. The van der Waals surface area contributed by atoms with Crippen molar-refractivity contribution in [3.05, 3.63) is 82.1 Å². The lowest BCUT2D eigenvalue weighted by atomic mass is 9.81. The highest BCUT2D eigenvalue weighted by Gasteiger charge is 2.46. The van der Waals surface area contributed by atoms with Gasteiger partial charge in [-0.25, -0.2) is 14.2 Å². The molecule has 0 saturated heterocycles. The number of benzene rings is 1. The number of fused-ring (bicyclic) bond motifs is 5. The quantitative estimate of drug-likeness (QED) is 0.132. The van der Waals surface area contributed by atoms with Crippen LogP contribution in [0.5, 0.6) is 0 Å². The molecule has 44 heavy (non-hydrogen) atoms. The summed E-state index contributed by atoms with van der Waals surface area (Å²) in [6.07, 6.45) is -0.265. The summed E-state index contributed by atoms with van der Waals surface area (Å²) in [6, 6.07) is 2.38. The van der Waals surface area contributed by atoms with E-state index in [-0.39, 0.29) is 48.6 Å². The van der Waals surface area contributed by atoms with E-state index in [0.717, 1.165) is 5.56 Å². The number of pyridine rings is 2. The number of carbonyl (C=O) groups excluding carboxylic acids is 1. The minimum absolute atomic E-state index is 0.00114. The molecule has 13 heteroatoms. The van der Waals surface area contributed by atoms with Crippen molar-refractivity contribution >= 4 is 28.2 Å². The Bertz CT molecular complexity index is 2060. The predicted octanol–water partition coefficient (Wildman–Crippen LogP) is 0.988. The van der Waals surface area contributed by atoms with E-state index in [4.69, 9.17) is 14.8 Å². The molecule has 4 heterocycles. The Hall–Kier alpha value is -4.46. The number of hydrogen-bond donors (Lipinski definition) is 5. The molecule has 2 aromatic heterocycles. The van der Waals surface area contributed by atoms with Crippen LogP contribution in [0.4, 0.5) is 15.8 Å².